The minimum Gasteiger partial charge on any atom is -0.312 e. The number of halogens is 3. The van der Waals surface area contributed by atoms with Gasteiger partial charge in [-0.05, 0) is 36.2 Å². The minimum atomic E-state index is -4.63. The van der Waals surface area contributed by atoms with E-state index < -0.39 is 26.7 Å². The van der Waals surface area contributed by atoms with Crippen LogP contribution in [-0.2, 0) is 21.0 Å². The molecule has 5 nitrogen and oxygen atoms in total. The van der Waals surface area contributed by atoms with Crippen LogP contribution in [0.1, 0.15) is 12.0 Å². The van der Waals surface area contributed by atoms with Crippen LogP contribution < -0.4 is 9.62 Å². The monoisotopic (exact) mass is 398 g/mol. The summed E-state index contributed by atoms with van der Waals surface area (Å²) in [6.45, 7) is 0.307. The Balaban J connectivity index is 1.67. The Labute approximate surface area is 154 Å². The van der Waals surface area contributed by atoms with Gasteiger partial charge in [0.2, 0.25) is 15.9 Å². The number of anilines is 1. The molecule has 0 bridgehead atoms. The van der Waals surface area contributed by atoms with Gasteiger partial charge in [0, 0.05) is 25.2 Å². The molecule has 2 aromatic carbocycles. The van der Waals surface area contributed by atoms with E-state index in [-0.39, 0.29) is 24.8 Å². The Morgan fingerprint density at radius 2 is 1.78 bits per heavy atom. The quantitative estimate of drug-likeness (QED) is 0.842. The average molecular weight is 398 g/mol. The van der Waals surface area contributed by atoms with Crippen LogP contribution in [0.4, 0.5) is 18.9 Å². The Morgan fingerprint density at radius 1 is 1.07 bits per heavy atom. The summed E-state index contributed by atoms with van der Waals surface area (Å²) in [5, 5.41) is 0. The lowest BCUT2D eigenvalue weighted by molar-refractivity contribution is -0.137. The molecule has 1 fully saturated rings. The Morgan fingerprint density at radius 3 is 2.44 bits per heavy atom. The molecular weight excluding hydrogens is 381 g/mol. The molecule has 0 aromatic heterocycles. The number of hydrogen-bond acceptors (Lipinski definition) is 3. The molecule has 0 saturated carbocycles. The first kappa shape index (κ1) is 19.4. The van der Waals surface area contributed by atoms with Gasteiger partial charge in [-0.1, -0.05) is 24.3 Å². The maximum Gasteiger partial charge on any atom is 0.416 e. The number of carbonyl (C=O) groups is 1. The molecule has 9 heteroatoms. The summed E-state index contributed by atoms with van der Waals surface area (Å²) < 4.78 is 65.3. The fraction of sp³-hybridized carbons (Fsp3) is 0.278. The fourth-order valence-electron chi connectivity index (χ4n) is 2.93. The molecule has 1 N–H and O–H groups in total. The van der Waals surface area contributed by atoms with Gasteiger partial charge in [-0.15, -0.1) is 0 Å². The third kappa shape index (κ3) is 4.48. The molecule has 27 heavy (non-hydrogen) atoms. The zero-order chi connectivity index (χ0) is 19.7. The van der Waals surface area contributed by atoms with E-state index in [0.29, 0.717) is 12.6 Å². The highest BCUT2D eigenvalue weighted by Crippen LogP contribution is 2.30. The van der Waals surface area contributed by atoms with Crippen molar-refractivity contribution in [1.29, 1.82) is 0 Å². The van der Waals surface area contributed by atoms with Crippen LogP contribution in [0.3, 0.4) is 0 Å². The summed E-state index contributed by atoms with van der Waals surface area (Å²) in [4.78, 5) is 13.3. The van der Waals surface area contributed by atoms with Gasteiger partial charge < -0.3 is 4.90 Å². The second-order valence-electron chi connectivity index (χ2n) is 6.29. The molecule has 0 spiro atoms. The normalized spacial score (nSPS) is 18.1. The number of hydrogen-bond donors (Lipinski definition) is 1. The minimum absolute atomic E-state index is 0.0341. The van der Waals surface area contributed by atoms with Crippen LogP contribution in [-0.4, -0.2) is 27.4 Å². The molecule has 144 valence electrons. The SMILES string of the molecule is O=C1C[C@@H](CNS(=O)(=O)c2cccc(C(F)(F)F)c2)CN1c1ccccc1. The van der Waals surface area contributed by atoms with Crippen LogP contribution >= 0.6 is 0 Å². The standard InChI is InChI=1S/C18H17F3N2O3S/c19-18(20,21)14-5-4-8-16(10-14)27(25,26)22-11-13-9-17(24)23(12-13)15-6-2-1-3-7-15/h1-8,10,13,22H,9,11-12H2/t13-/m0/s1. The number of para-hydroxylation sites is 1. The summed E-state index contributed by atoms with van der Waals surface area (Å²) in [7, 11) is -4.11. The van der Waals surface area contributed by atoms with Gasteiger partial charge in [0.25, 0.3) is 0 Å². The van der Waals surface area contributed by atoms with E-state index in [4.69, 9.17) is 0 Å². The largest absolute Gasteiger partial charge is 0.416 e. The van der Waals surface area contributed by atoms with E-state index in [2.05, 4.69) is 4.72 Å². The van der Waals surface area contributed by atoms with Crippen LogP contribution in [0, 0.1) is 5.92 Å². The number of nitrogens with zero attached hydrogens (tertiary/aromatic N) is 1. The maximum absolute atomic E-state index is 12.8. The summed E-state index contributed by atoms with van der Waals surface area (Å²) >= 11 is 0. The number of nitrogens with one attached hydrogen (secondary N) is 1. The highest BCUT2D eigenvalue weighted by Gasteiger charge is 2.33. The van der Waals surface area contributed by atoms with E-state index in [9.17, 15) is 26.4 Å². The van der Waals surface area contributed by atoms with Gasteiger partial charge in [0.1, 0.15) is 0 Å². The Hall–Kier alpha value is -2.39. The number of amides is 1. The second-order valence-corrected chi connectivity index (χ2v) is 8.05. The Bertz CT molecular complexity index is 930. The van der Waals surface area contributed by atoms with Crippen molar-refractivity contribution in [1.82, 2.24) is 4.72 Å². The van der Waals surface area contributed by atoms with E-state index in [0.717, 1.165) is 23.9 Å². The molecule has 0 unspecified atom stereocenters. The Kier molecular flexibility index (Phi) is 5.25. The van der Waals surface area contributed by atoms with Crippen molar-refractivity contribution in [2.24, 2.45) is 5.92 Å². The van der Waals surface area contributed by atoms with Crippen LogP contribution in [0.15, 0.2) is 59.5 Å². The van der Waals surface area contributed by atoms with Crippen LogP contribution in [0.5, 0.6) is 0 Å². The third-order valence-electron chi connectivity index (χ3n) is 4.31. The molecule has 1 atom stereocenters. The molecule has 1 amide bonds. The van der Waals surface area contributed by atoms with Gasteiger partial charge in [0.05, 0.1) is 10.5 Å². The maximum atomic E-state index is 12.8. The van der Waals surface area contributed by atoms with E-state index in [1.807, 2.05) is 6.07 Å². The molecule has 1 aliphatic heterocycles. The molecule has 1 saturated heterocycles. The van der Waals surface area contributed by atoms with Crippen molar-refractivity contribution in [2.75, 3.05) is 18.0 Å². The lowest BCUT2D eigenvalue weighted by Gasteiger charge is -2.17. The third-order valence-corrected chi connectivity index (χ3v) is 5.73. The molecule has 2 aromatic rings. The van der Waals surface area contributed by atoms with Crippen LogP contribution in [0.2, 0.25) is 0 Å². The zero-order valence-corrected chi connectivity index (χ0v) is 14.9. The summed E-state index contributed by atoms with van der Waals surface area (Å²) in [5.74, 6) is -0.386. The predicted molar refractivity (Wildman–Crippen MR) is 93.5 cm³/mol. The van der Waals surface area contributed by atoms with Gasteiger partial charge in [0.15, 0.2) is 0 Å². The number of alkyl halides is 3. The predicted octanol–water partition coefficient (Wildman–Crippen LogP) is 3.04. The van der Waals surface area contributed by atoms with Gasteiger partial charge >= 0.3 is 6.18 Å². The van der Waals surface area contributed by atoms with E-state index >= 15 is 0 Å². The number of rotatable bonds is 5. The molecule has 1 heterocycles. The first-order chi connectivity index (χ1) is 12.7. The molecule has 3 rings (SSSR count). The second kappa shape index (κ2) is 7.32. The summed E-state index contributed by atoms with van der Waals surface area (Å²) in [5.41, 5.74) is -0.303. The van der Waals surface area contributed by atoms with Gasteiger partial charge in [-0.2, -0.15) is 13.2 Å². The number of carbonyl (C=O) groups excluding carboxylic acids is 1. The van der Waals surface area contributed by atoms with Crippen molar-refractivity contribution in [3.8, 4) is 0 Å². The van der Waals surface area contributed by atoms with Crippen molar-refractivity contribution in [3.63, 3.8) is 0 Å². The smallest absolute Gasteiger partial charge is 0.312 e. The first-order valence-corrected chi connectivity index (χ1v) is 9.67. The fourth-order valence-corrected chi connectivity index (χ4v) is 4.09. The van der Waals surface area contributed by atoms with Crippen molar-refractivity contribution in [3.05, 3.63) is 60.2 Å². The zero-order valence-electron chi connectivity index (χ0n) is 14.1. The molecule has 0 radical (unpaired) electrons. The summed E-state index contributed by atoms with van der Waals surface area (Å²) in [6, 6.07) is 12.6. The topological polar surface area (TPSA) is 66.5 Å². The van der Waals surface area contributed by atoms with E-state index in [1.54, 1.807) is 29.2 Å². The van der Waals surface area contributed by atoms with Crippen LogP contribution in [0.25, 0.3) is 0 Å². The molecule has 1 aliphatic rings. The van der Waals surface area contributed by atoms with Crippen molar-refractivity contribution in [2.45, 2.75) is 17.5 Å². The molecule has 0 aliphatic carbocycles. The lowest BCUT2D eigenvalue weighted by Crippen LogP contribution is -2.31. The number of sulfonamides is 1. The van der Waals surface area contributed by atoms with Gasteiger partial charge in [-0.25, -0.2) is 13.1 Å². The average Bonchev–Trinajstić information content (AvgIpc) is 3.01. The molecular formula is C18H17F3N2O3S. The first-order valence-electron chi connectivity index (χ1n) is 8.19. The number of benzene rings is 2. The van der Waals surface area contributed by atoms with Crippen molar-refractivity contribution < 1.29 is 26.4 Å². The van der Waals surface area contributed by atoms with Gasteiger partial charge in [-0.3, -0.25) is 4.79 Å². The lowest BCUT2D eigenvalue weighted by atomic mass is 10.1. The highest BCUT2D eigenvalue weighted by atomic mass is 32.2. The van der Waals surface area contributed by atoms with Crippen molar-refractivity contribution >= 4 is 21.6 Å². The summed E-state index contributed by atoms with van der Waals surface area (Å²) in [6.07, 6.45) is -4.46. The van der Waals surface area contributed by atoms with E-state index in [1.165, 1.54) is 0 Å². The highest BCUT2D eigenvalue weighted by molar-refractivity contribution is 7.89.